The molecule has 0 amide bonds. The van der Waals surface area contributed by atoms with E-state index >= 15 is 0 Å². The lowest BCUT2D eigenvalue weighted by Crippen LogP contribution is -2.01. The first kappa shape index (κ1) is 43.6. The van der Waals surface area contributed by atoms with Gasteiger partial charge in [-0.15, -0.1) is 9.98 Å². The first-order chi connectivity index (χ1) is 24.3. The van der Waals surface area contributed by atoms with Gasteiger partial charge in [0.05, 0.1) is 0 Å². The zero-order chi connectivity index (χ0) is 34.7. The summed E-state index contributed by atoms with van der Waals surface area (Å²) in [5.41, 5.74) is 2.68. The summed E-state index contributed by atoms with van der Waals surface area (Å²) in [5.74, 6) is 0.706. The van der Waals surface area contributed by atoms with E-state index in [1.165, 1.54) is 230 Å². The van der Waals surface area contributed by atoms with E-state index < -0.39 is 0 Å². The molecular formula is C47H83N2+. The molecule has 49 heavy (non-hydrogen) atoms. The molecule has 0 aliphatic carbocycles. The van der Waals surface area contributed by atoms with E-state index in [1.54, 1.807) is 12.4 Å². The lowest BCUT2D eigenvalue weighted by atomic mass is 9.87. The molecule has 1 atom stereocenters. The second-order valence-corrected chi connectivity index (χ2v) is 15.7. The fraction of sp³-hybridized carbons (Fsp3) is 0.809. The predicted molar refractivity (Wildman–Crippen MR) is 221 cm³/mol. The molecule has 2 heteroatoms. The van der Waals surface area contributed by atoms with Crippen LogP contribution in [0.25, 0.3) is 0 Å². The zero-order valence-electron chi connectivity index (χ0n) is 33.2. The van der Waals surface area contributed by atoms with Gasteiger partial charge in [-0.05, 0) is 36.5 Å². The van der Waals surface area contributed by atoms with Crippen LogP contribution < -0.4 is 0 Å². The highest BCUT2D eigenvalue weighted by atomic mass is 15.0. The number of hydrogen-bond donors (Lipinski definition) is 0. The standard InChI is InChI=1S/C47H83N2/c1-3-5-7-9-11-13-15-17-19-21-23-25-27-29-31-33-35-37-44(45-38-40-46(41-39-45)47-48-42-43-49-47)36-34-32-30-28-26-24-22-20-18-16-14-12-10-8-6-4-2/h38-44H,3-37H2,1-2H3/q+1. The average Bonchev–Trinajstić information content (AvgIpc) is 3.67. The maximum Gasteiger partial charge on any atom is 0.243 e. The third kappa shape index (κ3) is 25.1. The minimum Gasteiger partial charge on any atom is -0.147 e. The van der Waals surface area contributed by atoms with Crippen LogP contribution in [0.1, 0.15) is 256 Å². The lowest BCUT2D eigenvalue weighted by Gasteiger charge is -2.17. The third-order valence-electron chi connectivity index (χ3n) is 11.2. The Bertz CT molecular complexity index is 859. The summed E-state index contributed by atoms with van der Waals surface area (Å²) >= 11 is 0. The van der Waals surface area contributed by atoms with Crippen LogP contribution in [0.3, 0.4) is 0 Å². The summed E-state index contributed by atoms with van der Waals surface area (Å²) in [5, 5.41) is 0. The number of nitrogens with zero attached hydrogens (tertiary/aromatic N) is 2. The number of unbranched alkanes of at least 4 members (excludes halogenated alkanes) is 31. The van der Waals surface area contributed by atoms with Gasteiger partial charge >= 0.3 is 0 Å². The monoisotopic (exact) mass is 676 g/mol. The van der Waals surface area contributed by atoms with Gasteiger partial charge in [0.1, 0.15) is 18.0 Å². The summed E-state index contributed by atoms with van der Waals surface area (Å²) in [6.07, 6.45) is 54.8. The second kappa shape index (κ2) is 33.6. The molecule has 1 aliphatic heterocycles. The molecule has 0 N–H and O–H groups in total. The van der Waals surface area contributed by atoms with Crippen LogP contribution >= 0.6 is 0 Å². The Morgan fingerprint density at radius 3 is 0.918 bits per heavy atom. The molecule has 1 aromatic carbocycles. The third-order valence-corrected chi connectivity index (χ3v) is 11.2. The Hall–Kier alpha value is -1.57. The van der Waals surface area contributed by atoms with Crippen LogP contribution in [0.4, 0.5) is 0 Å². The molecule has 0 saturated heterocycles. The maximum absolute atomic E-state index is 4.40. The Kier molecular flexibility index (Phi) is 29.9. The van der Waals surface area contributed by atoms with Gasteiger partial charge in [-0.1, -0.05) is 226 Å². The van der Waals surface area contributed by atoms with Gasteiger partial charge in [-0.25, -0.2) is 0 Å². The topological polar surface area (TPSA) is 24.7 Å². The first-order valence-corrected chi connectivity index (χ1v) is 22.4. The highest BCUT2D eigenvalue weighted by Crippen LogP contribution is 2.31. The van der Waals surface area contributed by atoms with Gasteiger partial charge in [0.2, 0.25) is 6.17 Å². The van der Waals surface area contributed by atoms with Crippen molar-refractivity contribution in [2.45, 2.75) is 244 Å². The Labute approximate surface area is 307 Å². The SMILES string of the molecule is CCCCCCCCCCCCCCCCCCCC(CCCCCCCCCCCCCCCCCC)c1ccc([C+]2N=CC=N2)cc1. The molecule has 280 valence electrons. The van der Waals surface area contributed by atoms with Gasteiger partial charge in [0, 0.05) is 12.1 Å². The quantitative estimate of drug-likeness (QED) is 0.0495. The molecule has 1 aliphatic rings. The normalized spacial score (nSPS) is 13.2. The molecule has 1 heterocycles. The smallest absolute Gasteiger partial charge is 0.147 e. The molecule has 0 saturated carbocycles. The number of hydrogen-bond acceptors (Lipinski definition) is 2. The van der Waals surface area contributed by atoms with Crippen LogP contribution in [-0.2, 0) is 0 Å². The zero-order valence-corrected chi connectivity index (χ0v) is 33.2. The Morgan fingerprint density at radius 2 is 0.633 bits per heavy atom. The van der Waals surface area contributed by atoms with Gasteiger partial charge in [-0.2, -0.15) is 0 Å². The number of benzene rings is 1. The van der Waals surface area contributed by atoms with Crippen LogP contribution in [0, 0.1) is 6.17 Å². The maximum atomic E-state index is 4.40. The van der Waals surface area contributed by atoms with E-state index in [4.69, 9.17) is 0 Å². The summed E-state index contributed by atoms with van der Waals surface area (Å²) in [6.45, 7) is 4.62. The van der Waals surface area contributed by atoms with Gasteiger partial charge in [0.25, 0.3) is 0 Å². The summed E-state index contributed by atoms with van der Waals surface area (Å²) in [6, 6.07) is 9.24. The van der Waals surface area contributed by atoms with Crippen LogP contribution in [0.2, 0.25) is 0 Å². The molecule has 2 nitrogen and oxygen atoms in total. The van der Waals surface area contributed by atoms with Crippen LogP contribution in [0.5, 0.6) is 0 Å². The lowest BCUT2D eigenvalue weighted by molar-refractivity contribution is 0.479. The Balaban J connectivity index is 1.51. The largest absolute Gasteiger partial charge is 0.243 e. The van der Waals surface area contributed by atoms with E-state index in [0.717, 1.165) is 11.7 Å². The highest BCUT2D eigenvalue weighted by Gasteiger charge is 2.19. The van der Waals surface area contributed by atoms with E-state index in [1.807, 2.05) is 0 Å². The van der Waals surface area contributed by atoms with E-state index in [-0.39, 0.29) is 0 Å². The van der Waals surface area contributed by atoms with E-state index in [2.05, 4.69) is 48.1 Å². The molecule has 2 rings (SSSR count). The van der Waals surface area contributed by atoms with Crippen LogP contribution in [0.15, 0.2) is 34.3 Å². The number of aliphatic imine (C=N–C) groups is 2. The van der Waals surface area contributed by atoms with Crippen molar-refractivity contribution in [3.63, 3.8) is 0 Å². The molecule has 0 aromatic heterocycles. The molecule has 1 aromatic rings. The minimum atomic E-state index is 0.706. The van der Waals surface area contributed by atoms with E-state index in [0.29, 0.717) is 5.92 Å². The second-order valence-electron chi connectivity index (χ2n) is 15.7. The van der Waals surface area contributed by atoms with Crippen molar-refractivity contribution in [2.75, 3.05) is 0 Å². The molecule has 0 fully saturated rings. The average molecular weight is 676 g/mol. The highest BCUT2D eigenvalue weighted by molar-refractivity contribution is 6.18. The number of rotatable bonds is 37. The molecule has 0 bridgehead atoms. The molecule has 1 unspecified atom stereocenters. The fourth-order valence-electron chi connectivity index (χ4n) is 7.83. The van der Waals surface area contributed by atoms with Crippen molar-refractivity contribution in [3.8, 4) is 0 Å². The minimum absolute atomic E-state index is 0.706. The van der Waals surface area contributed by atoms with Gasteiger partial charge < -0.3 is 0 Å². The summed E-state index contributed by atoms with van der Waals surface area (Å²) in [4.78, 5) is 8.80. The van der Waals surface area contributed by atoms with Crippen molar-refractivity contribution in [1.82, 2.24) is 0 Å². The first-order valence-electron chi connectivity index (χ1n) is 22.4. The Morgan fingerprint density at radius 1 is 0.367 bits per heavy atom. The van der Waals surface area contributed by atoms with Gasteiger partial charge in [-0.3, -0.25) is 0 Å². The van der Waals surface area contributed by atoms with Crippen molar-refractivity contribution in [2.24, 2.45) is 9.98 Å². The summed E-state index contributed by atoms with van der Waals surface area (Å²) < 4.78 is 0. The molecule has 0 spiro atoms. The summed E-state index contributed by atoms with van der Waals surface area (Å²) in [7, 11) is 0. The van der Waals surface area contributed by atoms with Crippen molar-refractivity contribution >= 4 is 12.4 Å². The fourth-order valence-corrected chi connectivity index (χ4v) is 7.83. The van der Waals surface area contributed by atoms with Crippen LogP contribution in [-0.4, -0.2) is 12.4 Å². The van der Waals surface area contributed by atoms with Crippen molar-refractivity contribution in [3.05, 3.63) is 41.6 Å². The van der Waals surface area contributed by atoms with Crippen molar-refractivity contribution < 1.29 is 0 Å². The predicted octanol–water partition coefficient (Wildman–Crippen LogP) is 16.5. The molecular weight excluding hydrogens is 593 g/mol. The van der Waals surface area contributed by atoms with Crippen molar-refractivity contribution in [1.29, 1.82) is 0 Å². The molecule has 0 radical (unpaired) electrons. The van der Waals surface area contributed by atoms with Gasteiger partial charge in [0.15, 0.2) is 0 Å². The van der Waals surface area contributed by atoms with E-state index in [9.17, 15) is 0 Å².